The van der Waals surface area contributed by atoms with Crippen LogP contribution < -0.4 is 19.6 Å². The van der Waals surface area contributed by atoms with Gasteiger partial charge in [-0.1, -0.05) is 73.2 Å². The van der Waals surface area contributed by atoms with Crippen LogP contribution in [0.3, 0.4) is 0 Å². The van der Waals surface area contributed by atoms with Gasteiger partial charge in [0.25, 0.3) is 5.56 Å². The Balaban J connectivity index is 1.48. The summed E-state index contributed by atoms with van der Waals surface area (Å²) in [6.07, 6.45) is 3.95. The van der Waals surface area contributed by atoms with E-state index in [-0.39, 0.29) is 12.2 Å². The fourth-order valence-corrected chi connectivity index (χ4v) is 6.12. The van der Waals surface area contributed by atoms with Gasteiger partial charge in [-0.2, -0.15) is 0 Å². The molecular weight excluding hydrogens is 516 g/mol. The third-order valence-electron chi connectivity index (χ3n) is 6.21. The highest BCUT2D eigenvalue weighted by Crippen LogP contribution is 2.33. The molecule has 0 saturated heterocycles. The van der Waals surface area contributed by atoms with E-state index in [0.29, 0.717) is 27.2 Å². The van der Waals surface area contributed by atoms with Gasteiger partial charge in [0.05, 0.1) is 22.4 Å². The summed E-state index contributed by atoms with van der Waals surface area (Å²) in [5.41, 5.74) is 2.55. The number of hydrogen-bond donors (Lipinski definition) is 0. The lowest BCUT2D eigenvalue weighted by Crippen LogP contribution is -2.39. The number of esters is 1. The van der Waals surface area contributed by atoms with Crippen molar-refractivity contribution in [2.45, 2.75) is 39.3 Å². The van der Waals surface area contributed by atoms with Gasteiger partial charge >= 0.3 is 5.97 Å². The second-order valence-corrected chi connectivity index (χ2v) is 10.9. The summed E-state index contributed by atoms with van der Waals surface area (Å²) in [6, 6.07) is 20.5. The van der Waals surface area contributed by atoms with Gasteiger partial charge < -0.3 is 9.47 Å². The van der Waals surface area contributed by atoms with Gasteiger partial charge in [-0.05, 0) is 54.1 Å². The van der Waals surface area contributed by atoms with Gasteiger partial charge in [0.2, 0.25) is 0 Å². The summed E-state index contributed by atoms with van der Waals surface area (Å²) < 4.78 is 13.6. The fourth-order valence-electron chi connectivity index (χ4n) is 4.25. The molecule has 194 valence electrons. The average Bonchev–Trinajstić information content (AvgIpc) is 3.57. The van der Waals surface area contributed by atoms with Crippen molar-refractivity contribution in [2.75, 3.05) is 6.61 Å². The Labute approximate surface area is 228 Å². The second-order valence-electron chi connectivity index (χ2n) is 8.93. The lowest BCUT2D eigenvalue weighted by molar-refractivity contribution is -0.140. The summed E-state index contributed by atoms with van der Waals surface area (Å²) in [4.78, 5) is 33.2. The number of carbonyl (C=O) groups excluding carboxylic acids is 1. The maximum atomic E-state index is 13.7. The Kier molecular flexibility index (Phi) is 8.00. The molecule has 0 amide bonds. The van der Waals surface area contributed by atoms with Gasteiger partial charge in [-0.3, -0.25) is 9.36 Å². The number of fused-ring (bicyclic) bond motifs is 1. The first-order chi connectivity index (χ1) is 18.5. The molecule has 38 heavy (non-hydrogen) atoms. The fraction of sp³-hybridized carbons (Fsp3) is 0.233. The number of thiophene rings is 1. The number of benzene rings is 2. The minimum absolute atomic E-state index is 0.149. The van der Waals surface area contributed by atoms with E-state index in [4.69, 9.17) is 9.47 Å². The van der Waals surface area contributed by atoms with E-state index in [1.807, 2.05) is 78.2 Å². The number of hydrogen-bond acceptors (Lipinski definition) is 7. The number of carbonyl (C=O) groups is 1. The molecule has 5 rings (SSSR count). The molecule has 0 saturated carbocycles. The number of rotatable bonds is 9. The summed E-state index contributed by atoms with van der Waals surface area (Å²) in [6.45, 7) is 4.76. The Morgan fingerprint density at radius 2 is 1.87 bits per heavy atom. The smallest absolute Gasteiger partial charge is 0.338 e. The Morgan fingerprint density at radius 3 is 2.58 bits per heavy atom. The molecular formula is C30H28N2O4S2. The van der Waals surface area contributed by atoms with Crippen LogP contribution in [0.1, 0.15) is 48.7 Å². The van der Waals surface area contributed by atoms with E-state index in [0.717, 1.165) is 34.6 Å². The summed E-state index contributed by atoms with van der Waals surface area (Å²) in [7, 11) is 0. The van der Waals surface area contributed by atoms with Crippen LogP contribution in [0.4, 0.5) is 0 Å². The lowest BCUT2D eigenvalue weighted by Gasteiger charge is -2.23. The predicted molar refractivity (Wildman–Crippen MR) is 151 cm³/mol. The molecule has 0 aliphatic carbocycles. The van der Waals surface area contributed by atoms with E-state index in [1.165, 1.54) is 22.7 Å². The average molecular weight is 545 g/mol. The molecule has 1 atom stereocenters. The number of aromatic nitrogens is 1. The van der Waals surface area contributed by atoms with E-state index >= 15 is 0 Å². The number of nitrogens with zero attached hydrogens (tertiary/aromatic N) is 2. The zero-order valence-corrected chi connectivity index (χ0v) is 22.9. The third kappa shape index (κ3) is 5.56. The molecule has 8 heteroatoms. The zero-order valence-electron chi connectivity index (χ0n) is 21.3. The molecule has 0 bridgehead atoms. The predicted octanol–water partition coefficient (Wildman–Crippen LogP) is 5.22. The number of allylic oxidation sites excluding steroid dienone is 1. The molecule has 0 radical (unpaired) electrons. The Hall–Kier alpha value is -3.75. The van der Waals surface area contributed by atoms with Crippen molar-refractivity contribution in [1.82, 2.24) is 4.57 Å². The van der Waals surface area contributed by atoms with Crippen LogP contribution in [-0.2, 0) is 16.1 Å². The Bertz CT molecular complexity index is 1620. The minimum Gasteiger partial charge on any atom is -0.494 e. The highest BCUT2D eigenvalue weighted by molar-refractivity contribution is 7.10. The number of thiazole rings is 1. The van der Waals surface area contributed by atoms with E-state index in [9.17, 15) is 9.59 Å². The SMILES string of the molecule is CCCCOc1ccc(/C=c2/sc3n(c2=O)[C@H](c2cccs2)C(C(=O)OCc2ccccc2)=C(C)N=3)cc1. The van der Waals surface area contributed by atoms with Crippen molar-refractivity contribution in [1.29, 1.82) is 0 Å². The summed E-state index contributed by atoms with van der Waals surface area (Å²) in [5.74, 6) is 0.338. The van der Waals surface area contributed by atoms with Crippen LogP contribution in [0.25, 0.3) is 6.08 Å². The van der Waals surface area contributed by atoms with Gasteiger partial charge in [0, 0.05) is 4.88 Å². The molecule has 0 N–H and O–H groups in total. The molecule has 6 nitrogen and oxygen atoms in total. The minimum atomic E-state index is -0.592. The summed E-state index contributed by atoms with van der Waals surface area (Å²) in [5, 5.41) is 1.94. The number of ether oxygens (including phenoxy) is 2. The molecule has 3 heterocycles. The van der Waals surface area contributed by atoms with Crippen molar-refractivity contribution < 1.29 is 14.3 Å². The van der Waals surface area contributed by atoms with Crippen LogP contribution >= 0.6 is 22.7 Å². The first-order valence-corrected chi connectivity index (χ1v) is 14.2. The van der Waals surface area contributed by atoms with Crippen LogP contribution in [0.5, 0.6) is 5.75 Å². The van der Waals surface area contributed by atoms with Crippen LogP contribution in [-0.4, -0.2) is 17.1 Å². The van der Waals surface area contributed by atoms with E-state index in [2.05, 4.69) is 11.9 Å². The third-order valence-corrected chi connectivity index (χ3v) is 8.12. The highest BCUT2D eigenvalue weighted by atomic mass is 32.1. The molecule has 1 aliphatic heterocycles. The van der Waals surface area contributed by atoms with Crippen LogP contribution in [0.15, 0.2) is 93.2 Å². The maximum Gasteiger partial charge on any atom is 0.338 e. The molecule has 1 aliphatic rings. The second kappa shape index (κ2) is 11.8. The Morgan fingerprint density at radius 1 is 1.08 bits per heavy atom. The molecule has 0 fully saturated rings. The van der Waals surface area contributed by atoms with Gasteiger partial charge in [-0.15, -0.1) is 11.3 Å². The lowest BCUT2D eigenvalue weighted by atomic mass is 10.0. The molecule has 4 aromatic rings. The van der Waals surface area contributed by atoms with Crippen LogP contribution in [0, 0.1) is 0 Å². The van der Waals surface area contributed by atoms with Gasteiger partial charge in [0.15, 0.2) is 4.80 Å². The first-order valence-electron chi connectivity index (χ1n) is 12.5. The molecule has 2 aromatic heterocycles. The highest BCUT2D eigenvalue weighted by Gasteiger charge is 2.34. The van der Waals surface area contributed by atoms with Gasteiger partial charge in [0.1, 0.15) is 18.4 Å². The van der Waals surface area contributed by atoms with Crippen molar-refractivity contribution in [3.63, 3.8) is 0 Å². The normalized spacial score (nSPS) is 15.2. The van der Waals surface area contributed by atoms with Crippen molar-refractivity contribution >= 4 is 34.7 Å². The van der Waals surface area contributed by atoms with E-state index < -0.39 is 12.0 Å². The maximum absolute atomic E-state index is 13.7. The quantitative estimate of drug-likeness (QED) is 0.214. The first kappa shape index (κ1) is 25.9. The monoisotopic (exact) mass is 544 g/mol. The molecule has 0 unspecified atom stereocenters. The standard InChI is InChI=1S/C30H28N2O4S2/c1-3-4-16-35-23-14-12-21(13-15-23)18-25-28(33)32-27(24-11-8-17-37-24)26(20(2)31-30(32)38-25)29(34)36-19-22-9-6-5-7-10-22/h5-15,17-18,27H,3-4,16,19H2,1-2H3/b25-18+/t27-/m1/s1. The van der Waals surface area contributed by atoms with Crippen LogP contribution in [0.2, 0.25) is 0 Å². The zero-order chi connectivity index (χ0) is 26.5. The molecule has 0 spiro atoms. The number of unbranched alkanes of at least 4 members (excludes halogenated alkanes) is 1. The largest absolute Gasteiger partial charge is 0.494 e. The van der Waals surface area contributed by atoms with E-state index in [1.54, 1.807) is 11.5 Å². The van der Waals surface area contributed by atoms with Crippen molar-refractivity contribution in [3.8, 4) is 5.75 Å². The van der Waals surface area contributed by atoms with Crippen molar-refractivity contribution in [2.24, 2.45) is 4.99 Å². The van der Waals surface area contributed by atoms with Gasteiger partial charge in [-0.25, -0.2) is 9.79 Å². The topological polar surface area (TPSA) is 69.9 Å². The summed E-state index contributed by atoms with van der Waals surface area (Å²) >= 11 is 2.82. The van der Waals surface area contributed by atoms with Crippen molar-refractivity contribution in [3.05, 3.63) is 119 Å². The molecule has 2 aromatic carbocycles.